The van der Waals surface area contributed by atoms with Crippen LogP contribution in [0.3, 0.4) is 0 Å². The van der Waals surface area contributed by atoms with Crippen molar-refractivity contribution in [3.8, 4) is 5.75 Å². The van der Waals surface area contributed by atoms with Gasteiger partial charge in [-0.2, -0.15) is 13.2 Å². The van der Waals surface area contributed by atoms with Crippen molar-refractivity contribution in [3.05, 3.63) is 39.3 Å². The zero-order chi connectivity index (χ0) is 17.9. The Labute approximate surface area is 140 Å². The number of aryl methyl sites for hydroxylation is 2. The maximum Gasteiger partial charge on any atom is 0.434 e. The van der Waals surface area contributed by atoms with Crippen LogP contribution in [0.1, 0.15) is 21.1 Å². The first-order valence-electron chi connectivity index (χ1n) is 6.82. The maximum absolute atomic E-state index is 12.9. The number of nitrogens with zero attached hydrogens (tertiary/aromatic N) is 1. The lowest BCUT2D eigenvalue weighted by molar-refractivity contribution is -0.141. The molecule has 0 saturated heterocycles. The molecule has 24 heavy (non-hydrogen) atoms. The van der Waals surface area contributed by atoms with E-state index in [4.69, 9.17) is 4.74 Å². The van der Waals surface area contributed by atoms with Gasteiger partial charge in [0.1, 0.15) is 12.4 Å². The Hall–Kier alpha value is -2.29. The van der Waals surface area contributed by atoms with Crippen LogP contribution in [0.5, 0.6) is 5.75 Å². The third-order valence-corrected chi connectivity index (χ3v) is 4.01. The van der Waals surface area contributed by atoms with Crippen LogP contribution in [0.2, 0.25) is 0 Å². The number of hydrogen-bond acceptors (Lipinski definition) is 5. The summed E-state index contributed by atoms with van der Waals surface area (Å²) >= 11 is 0.950. The highest BCUT2D eigenvalue weighted by Gasteiger charge is 2.37. The van der Waals surface area contributed by atoms with Gasteiger partial charge in [0.2, 0.25) is 0 Å². The van der Waals surface area contributed by atoms with Gasteiger partial charge in [-0.15, -0.1) is 11.3 Å². The van der Waals surface area contributed by atoms with Crippen molar-refractivity contribution in [1.82, 2.24) is 4.98 Å². The predicted octanol–water partition coefficient (Wildman–Crippen LogP) is 4.54. The monoisotopic (exact) mass is 360 g/mol. The van der Waals surface area contributed by atoms with Crippen molar-refractivity contribution in [1.29, 1.82) is 0 Å². The van der Waals surface area contributed by atoms with E-state index in [0.717, 1.165) is 11.3 Å². The molecule has 1 aromatic heterocycles. The number of nitrogens with one attached hydrogen (secondary N) is 1. The summed E-state index contributed by atoms with van der Waals surface area (Å²) in [7, 11) is 1.25. The van der Waals surface area contributed by atoms with E-state index in [1.807, 2.05) is 0 Å². The number of benzene rings is 1. The summed E-state index contributed by atoms with van der Waals surface area (Å²) in [6, 6.07) is 4.76. The van der Waals surface area contributed by atoms with E-state index in [-0.39, 0.29) is 11.5 Å². The molecule has 1 aromatic carbocycles. The molecule has 1 heterocycles. The Kier molecular flexibility index (Phi) is 5.33. The largest absolute Gasteiger partial charge is 0.488 e. The second-order valence-corrected chi connectivity index (χ2v) is 6.17. The molecule has 0 aliphatic rings. The molecule has 0 aliphatic heterocycles. The average Bonchev–Trinajstić information content (AvgIpc) is 2.88. The molecule has 2 aromatic rings. The predicted molar refractivity (Wildman–Crippen MR) is 83.4 cm³/mol. The Morgan fingerprint density at radius 2 is 2.04 bits per heavy atom. The van der Waals surface area contributed by atoms with Gasteiger partial charge < -0.3 is 9.47 Å². The SMILES string of the molecule is COC(=O)Nc1ccc(OCc2sc(C)nc2C(F)(F)F)cc1C. The van der Waals surface area contributed by atoms with E-state index in [1.54, 1.807) is 25.1 Å². The minimum Gasteiger partial charge on any atom is -0.488 e. The van der Waals surface area contributed by atoms with Crippen LogP contribution in [-0.4, -0.2) is 18.2 Å². The van der Waals surface area contributed by atoms with E-state index < -0.39 is 18.0 Å². The van der Waals surface area contributed by atoms with Gasteiger partial charge in [0, 0.05) is 5.69 Å². The fourth-order valence-corrected chi connectivity index (χ4v) is 2.83. The summed E-state index contributed by atoms with van der Waals surface area (Å²) in [6.45, 7) is 3.01. The number of carbonyl (C=O) groups excluding carboxylic acids is 1. The van der Waals surface area contributed by atoms with E-state index >= 15 is 0 Å². The zero-order valence-electron chi connectivity index (χ0n) is 13.2. The molecule has 0 saturated carbocycles. The second-order valence-electron chi connectivity index (χ2n) is 4.88. The van der Waals surface area contributed by atoms with Crippen molar-refractivity contribution in [2.24, 2.45) is 0 Å². The number of thiazole rings is 1. The van der Waals surface area contributed by atoms with Crippen LogP contribution >= 0.6 is 11.3 Å². The third-order valence-electron chi connectivity index (χ3n) is 3.06. The standard InChI is InChI=1S/C15H15F3N2O3S/c1-8-6-10(4-5-11(8)20-14(21)22-3)23-7-12-13(15(16,17)18)19-9(2)24-12/h4-6H,7H2,1-3H3,(H,20,21). The average molecular weight is 360 g/mol. The number of anilines is 1. The summed E-state index contributed by atoms with van der Waals surface area (Å²) in [5.74, 6) is 0.391. The number of rotatable bonds is 4. The highest BCUT2D eigenvalue weighted by atomic mass is 32.1. The molecule has 0 aliphatic carbocycles. The van der Waals surface area contributed by atoms with Crippen LogP contribution in [0, 0.1) is 13.8 Å². The van der Waals surface area contributed by atoms with Crippen LogP contribution in [0.15, 0.2) is 18.2 Å². The van der Waals surface area contributed by atoms with Crippen LogP contribution in [-0.2, 0) is 17.5 Å². The topological polar surface area (TPSA) is 60.5 Å². The van der Waals surface area contributed by atoms with Crippen molar-refractivity contribution < 1.29 is 27.4 Å². The fourth-order valence-electron chi connectivity index (χ4n) is 1.96. The van der Waals surface area contributed by atoms with Gasteiger partial charge in [-0.1, -0.05) is 0 Å². The summed E-state index contributed by atoms with van der Waals surface area (Å²) in [5, 5.41) is 2.85. The van der Waals surface area contributed by atoms with Crippen molar-refractivity contribution in [2.75, 3.05) is 12.4 Å². The minimum atomic E-state index is -4.51. The number of methoxy groups -OCH3 is 1. The number of amides is 1. The number of ether oxygens (including phenoxy) is 2. The van der Waals surface area contributed by atoms with E-state index in [1.165, 1.54) is 14.0 Å². The molecule has 2 rings (SSSR count). The molecule has 130 valence electrons. The lowest BCUT2D eigenvalue weighted by Crippen LogP contribution is -2.12. The Bertz CT molecular complexity index is 744. The quantitative estimate of drug-likeness (QED) is 0.870. The molecule has 1 N–H and O–H groups in total. The normalized spacial score (nSPS) is 11.2. The maximum atomic E-state index is 12.9. The van der Waals surface area contributed by atoms with Gasteiger partial charge >= 0.3 is 12.3 Å². The molecule has 0 radical (unpaired) electrons. The molecular weight excluding hydrogens is 345 g/mol. The first kappa shape index (κ1) is 18.1. The van der Waals surface area contributed by atoms with Gasteiger partial charge in [0.15, 0.2) is 5.69 Å². The Balaban J connectivity index is 2.11. The van der Waals surface area contributed by atoms with E-state index in [0.29, 0.717) is 22.0 Å². The van der Waals surface area contributed by atoms with Crippen LogP contribution in [0.4, 0.5) is 23.7 Å². The van der Waals surface area contributed by atoms with E-state index in [9.17, 15) is 18.0 Å². The molecule has 0 fully saturated rings. The first-order chi connectivity index (χ1) is 11.2. The molecule has 1 amide bonds. The number of hydrogen-bond donors (Lipinski definition) is 1. The Morgan fingerprint density at radius 1 is 1.33 bits per heavy atom. The van der Waals surface area contributed by atoms with Crippen molar-refractivity contribution >= 4 is 23.1 Å². The molecular formula is C15H15F3N2O3S. The van der Waals surface area contributed by atoms with Crippen LogP contribution < -0.4 is 10.1 Å². The number of alkyl halides is 3. The minimum absolute atomic E-state index is 0.0226. The summed E-state index contributed by atoms with van der Waals surface area (Å²) < 4.78 is 48.6. The van der Waals surface area contributed by atoms with Gasteiger partial charge in [-0.25, -0.2) is 9.78 Å². The van der Waals surface area contributed by atoms with E-state index in [2.05, 4.69) is 15.0 Å². The third kappa shape index (κ3) is 4.38. The number of carbonyl (C=O) groups is 1. The molecule has 5 nitrogen and oxygen atoms in total. The van der Waals surface area contributed by atoms with Gasteiger partial charge in [0.05, 0.1) is 17.0 Å². The van der Waals surface area contributed by atoms with Crippen molar-refractivity contribution in [2.45, 2.75) is 26.6 Å². The summed E-state index contributed by atoms with van der Waals surface area (Å²) in [5.41, 5.74) is 0.305. The molecule has 0 bridgehead atoms. The summed E-state index contributed by atoms with van der Waals surface area (Å²) in [4.78, 5) is 14.7. The molecule has 0 atom stereocenters. The van der Waals surface area contributed by atoms with Crippen LogP contribution in [0.25, 0.3) is 0 Å². The zero-order valence-corrected chi connectivity index (χ0v) is 14.0. The van der Waals surface area contributed by atoms with Gasteiger partial charge in [0.25, 0.3) is 0 Å². The summed E-state index contributed by atoms with van der Waals surface area (Å²) in [6.07, 6.45) is -5.12. The highest BCUT2D eigenvalue weighted by molar-refractivity contribution is 7.11. The van der Waals surface area contributed by atoms with Crippen molar-refractivity contribution in [3.63, 3.8) is 0 Å². The Morgan fingerprint density at radius 3 is 2.62 bits per heavy atom. The molecule has 0 unspecified atom stereocenters. The van der Waals surface area contributed by atoms with Gasteiger partial charge in [-0.3, -0.25) is 5.32 Å². The van der Waals surface area contributed by atoms with Gasteiger partial charge in [-0.05, 0) is 37.6 Å². The second kappa shape index (κ2) is 7.08. The lowest BCUT2D eigenvalue weighted by Gasteiger charge is -2.11. The molecule has 9 heteroatoms. The fraction of sp³-hybridized carbons (Fsp3) is 0.333. The molecule has 0 spiro atoms. The smallest absolute Gasteiger partial charge is 0.434 e. The number of halogens is 3. The first-order valence-corrected chi connectivity index (χ1v) is 7.64. The highest BCUT2D eigenvalue weighted by Crippen LogP contribution is 2.35. The number of aromatic nitrogens is 1. The lowest BCUT2D eigenvalue weighted by atomic mass is 10.2.